The highest BCUT2D eigenvalue weighted by Crippen LogP contribution is 2.28. The summed E-state index contributed by atoms with van der Waals surface area (Å²) in [5, 5.41) is 7.95. The number of anilines is 2. The minimum Gasteiger partial charge on any atom is -0.493 e. The fourth-order valence-electron chi connectivity index (χ4n) is 2.99. The lowest BCUT2D eigenvalue weighted by atomic mass is 9.92. The van der Waals surface area contributed by atoms with Crippen LogP contribution in [-0.2, 0) is 12.5 Å². The van der Waals surface area contributed by atoms with E-state index in [1.165, 1.54) is 0 Å². The summed E-state index contributed by atoms with van der Waals surface area (Å²) in [6.07, 6.45) is 0. The summed E-state index contributed by atoms with van der Waals surface area (Å²) in [5.74, 6) is 2.23. The van der Waals surface area contributed by atoms with Gasteiger partial charge in [0.15, 0.2) is 11.5 Å². The van der Waals surface area contributed by atoms with Crippen molar-refractivity contribution in [3.05, 3.63) is 42.1 Å². The molecular weight excluding hydrogens is 380 g/mol. The van der Waals surface area contributed by atoms with Crippen molar-refractivity contribution in [3.63, 3.8) is 0 Å². The van der Waals surface area contributed by atoms with Crippen LogP contribution in [0, 0.1) is 0 Å². The van der Waals surface area contributed by atoms with Crippen LogP contribution in [0.15, 0.2) is 36.4 Å². The van der Waals surface area contributed by atoms with E-state index in [1.54, 1.807) is 7.11 Å². The van der Waals surface area contributed by atoms with Gasteiger partial charge in [0.05, 0.1) is 30.2 Å². The summed E-state index contributed by atoms with van der Waals surface area (Å²) < 4.78 is 13.0. The summed E-state index contributed by atoms with van der Waals surface area (Å²) in [6.45, 7) is 8.83. The van der Waals surface area contributed by atoms with Crippen LogP contribution in [0.25, 0.3) is 11.4 Å². The molecule has 1 aromatic carbocycles. The maximum atomic E-state index is 5.98. The lowest BCUT2D eigenvalue weighted by Crippen LogP contribution is -2.24. The van der Waals surface area contributed by atoms with E-state index in [9.17, 15) is 0 Å². The van der Waals surface area contributed by atoms with Gasteiger partial charge in [-0.3, -0.25) is 4.68 Å². The molecule has 0 amide bonds. The molecule has 0 saturated heterocycles. The highest BCUT2D eigenvalue weighted by atomic mass is 16.5. The zero-order valence-corrected chi connectivity index (χ0v) is 18.4. The maximum Gasteiger partial charge on any atom is 0.222 e. The fourth-order valence-corrected chi connectivity index (χ4v) is 2.99. The minimum atomic E-state index is -0.0555. The second kappa shape index (κ2) is 8.61. The SMILES string of the molecule is COc1ccccc1OCC(C)Nc1cc(-c2cc(C(C)(C)C)nn2C)nc(N)n1. The number of methoxy groups -OCH3 is 1. The Labute approximate surface area is 177 Å². The Bertz CT molecular complexity index is 1010. The first-order valence-electron chi connectivity index (χ1n) is 9.89. The van der Waals surface area contributed by atoms with Crippen molar-refractivity contribution in [2.45, 2.75) is 39.2 Å². The van der Waals surface area contributed by atoms with E-state index < -0.39 is 0 Å². The number of nitrogens with two attached hydrogens (primary N) is 1. The number of para-hydroxylation sites is 2. The van der Waals surface area contributed by atoms with Crippen LogP contribution >= 0.6 is 0 Å². The number of rotatable bonds is 7. The molecule has 3 N–H and O–H groups in total. The van der Waals surface area contributed by atoms with Crippen LogP contribution in [-0.4, -0.2) is 39.5 Å². The van der Waals surface area contributed by atoms with Gasteiger partial charge in [-0.05, 0) is 25.1 Å². The molecule has 160 valence electrons. The Hall–Kier alpha value is -3.29. The zero-order valence-electron chi connectivity index (χ0n) is 18.4. The van der Waals surface area contributed by atoms with Crippen molar-refractivity contribution in [3.8, 4) is 22.9 Å². The summed E-state index contributed by atoms with van der Waals surface area (Å²) in [4.78, 5) is 8.72. The fraction of sp³-hybridized carbons (Fsp3) is 0.409. The number of hydrogen-bond donors (Lipinski definition) is 2. The van der Waals surface area contributed by atoms with Gasteiger partial charge in [-0.1, -0.05) is 32.9 Å². The number of nitrogen functional groups attached to an aromatic ring is 1. The van der Waals surface area contributed by atoms with Gasteiger partial charge in [-0.15, -0.1) is 0 Å². The van der Waals surface area contributed by atoms with E-state index in [2.05, 4.69) is 41.2 Å². The zero-order chi connectivity index (χ0) is 21.9. The van der Waals surface area contributed by atoms with Crippen molar-refractivity contribution < 1.29 is 9.47 Å². The van der Waals surface area contributed by atoms with Crippen LogP contribution < -0.4 is 20.5 Å². The van der Waals surface area contributed by atoms with Crippen LogP contribution in [0.5, 0.6) is 11.5 Å². The van der Waals surface area contributed by atoms with Crippen LogP contribution in [0.3, 0.4) is 0 Å². The van der Waals surface area contributed by atoms with Gasteiger partial charge < -0.3 is 20.5 Å². The molecule has 0 spiro atoms. The van der Waals surface area contributed by atoms with Gasteiger partial charge in [0, 0.05) is 18.5 Å². The van der Waals surface area contributed by atoms with Crippen molar-refractivity contribution in [1.82, 2.24) is 19.7 Å². The van der Waals surface area contributed by atoms with Crippen molar-refractivity contribution in [2.24, 2.45) is 7.05 Å². The standard InChI is InChI=1S/C22H30N6O2/c1-14(13-30-18-10-8-7-9-17(18)29-6)24-20-11-15(25-21(23)26-20)16-12-19(22(2,3)4)27-28(16)5/h7-12,14H,13H2,1-6H3,(H3,23,24,25,26). The molecule has 2 heterocycles. The maximum absolute atomic E-state index is 5.98. The number of nitrogens with one attached hydrogen (secondary N) is 1. The monoisotopic (exact) mass is 410 g/mol. The second-order valence-electron chi connectivity index (χ2n) is 8.29. The molecule has 8 heteroatoms. The molecule has 0 aliphatic heterocycles. The average molecular weight is 411 g/mol. The number of aromatic nitrogens is 4. The van der Waals surface area contributed by atoms with Gasteiger partial charge in [-0.25, -0.2) is 4.98 Å². The second-order valence-corrected chi connectivity index (χ2v) is 8.29. The number of benzene rings is 1. The molecule has 1 atom stereocenters. The molecule has 0 fully saturated rings. The molecule has 0 aliphatic rings. The Balaban J connectivity index is 1.75. The Morgan fingerprint density at radius 3 is 2.47 bits per heavy atom. The lowest BCUT2D eigenvalue weighted by Gasteiger charge is -2.17. The van der Waals surface area contributed by atoms with Gasteiger partial charge in [0.2, 0.25) is 5.95 Å². The molecule has 0 aliphatic carbocycles. The predicted octanol–water partition coefficient (Wildman–Crippen LogP) is 3.64. The third kappa shape index (κ3) is 5.00. The Kier molecular flexibility index (Phi) is 6.14. The minimum absolute atomic E-state index is 0.0197. The third-order valence-corrected chi connectivity index (χ3v) is 4.61. The number of hydrogen-bond acceptors (Lipinski definition) is 7. The molecule has 0 saturated carbocycles. The number of nitrogens with zero attached hydrogens (tertiary/aromatic N) is 4. The van der Waals surface area contributed by atoms with E-state index in [0.29, 0.717) is 29.6 Å². The van der Waals surface area contributed by atoms with Gasteiger partial charge in [0.1, 0.15) is 12.4 Å². The van der Waals surface area contributed by atoms with E-state index in [0.717, 1.165) is 11.4 Å². The smallest absolute Gasteiger partial charge is 0.222 e. The Morgan fingerprint density at radius 1 is 1.13 bits per heavy atom. The molecular formula is C22H30N6O2. The third-order valence-electron chi connectivity index (χ3n) is 4.61. The van der Waals surface area contributed by atoms with Crippen molar-refractivity contribution in [1.29, 1.82) is 0 Å². The Morgan fingerprint density at radius 2 is 1.83 bits per heavy atom. The molecule has 1 unspecified atom stereocenters. The van der Waals surface area contributed by atoms with E-state index in [-0.39, 0.29) is 17.4 Å². The first-order chi connectivity index (χ1) is 14.2. The largest absolute Gasteiger partial charge is 0.493 e. The van der Waals surface area contributed by atoms with Crippen LogP contribution in [0.2, 0.25) is 0 Å². The topological polar surface area (TPSA) is 100 Å². The predicted molar refractivity (Wildman–Crippen MR) is 119 cm³/mol. The van der Waals surface area contributed by atoms with Gasteiger partial charge in [-0.2, -0.15) is 10.1 Å². The lowest BCUT2D eigenvalue weighted by molar-refractivity contribution is 0.284. The van der Waals surface area contributed by atoms with Crippen LogP contribution in [0.1, 0.15) is 33.4 Å². The summed E-state index contributed by atoms with van der Waals surface area (Å²) in [6, 6.07) is 11.5. The highest BCUT2D eigenvalue weighted by Gasteiger charge is 2.20. The summed E-state index contributed by atoms with van der Waals surface area (Å²) in [7, 11) is 3.53. The van der Waals surface area contributed by atoms with E-state index >= 15 is 0 Å². The van der Waals surface area contributed by atoms with Gasteiger partial charge >= 0.3 is 0 Å². The normalized spacial score (nSPS) is 12.5. The molecule has 3 rings (SSSR count). The quantitative estimate of drug-likeness (QED) is 0.613. The molecule has 8 nitrogen and oxygen atoms in total. The summed E-state index contributed by atoms with van der Waals surface area (Å²) in [5.41, 5.74) is 8.51. The summed E-state index contributed by atoms with van der Waals surface area (Å²) >= 11 is 0. The number of ether oxygens (including phenoxy) is 2. The van der Waals surface area contributed by atoms with Crippen molar-refractivity contribution in [2.75, 3.05) is 24.8 Å². The molecule has 2 aromatic heterocycles. The average Bonchev–Trinajstić information content (AvgIpc) is 3.08. The van der Waals surface area contributed by atoms with Crippen LogP contribution in [0.4, 0.5) is 11.8 Å². The van der Waals surface area contributed by atoms with E-state index in [4.69, 9.17) is 15.2 Å². The first kappa shape index (κ1) is 21.4. The van der Waals surface area contributed by atoms with E-state index in [1.807, 2.05) is 55.1 Å². The van der Waals surface area contributed by atoms with Gasteiger partial charge in [0.25, 0.3) is 0 Å². The van der Waals surface area contributed by atoms with Crippen molar-refractivity contribution >= 4 is 11.8 Å². The first-order valence-corrected chi connectivity index (χ1v) is 9.89. The number of aryl methyl sites for hydroxylation is 1. The molecule has 30 heavy (non-hydrogen) atoms. The molecule has 0 radical (unpaired) electrons. The molecule has 3 aromatic rings. The highest BCUT2D eigenvalue weighted by molar-refractivity contribution is 5.61. The molecule has 0 bridgehead atoms.